The van der Waals surface area contributed by atoms with Gasteiger partial charge in [-0.05, 0) is 52.4 Å². The van der Waals surface area contributed by atoms with Crippen LogP contribution in [-0.2, 0) is 0 Å². The van der Waals surface area contributed by atoms with Gasteiger partial charge >= 0.3 is 0 Å². The van der Waals surface area contributed by atoms with Gasteiger partial charge in [-0.2, -0.15) is 0 Å². The first-order chi connectivity index (χ1) is 12.0. The number of hydrogen-bond acceptors (Lipinski definition) is 2. The molecule has 0 saturated carbocycles. The first kappa shape index (κ1) is 16.5. The van der Waals surface area contributed by atoms with Crippen LogP contribution < -0.4 is 11.5 Å². The first-order valence-corrected chi connectivity index (χ1v) is 8.08. The van der Waals surface area contributed by atoms with Crippen molar-refractivity contribution < 1.29 is 0 Å². The molecule has 0 radical (unpaired) electrons. The molecule has 0 heterocycles. The van der Waals surface area contributed by atoms with E-state index in [1.807, 2.05) is 30.3 Å². The molecule has 0 aliphatic carbocycles. The molecule has 25 heavy (non-hydrogen) atoms. The summed E-state index contributed by atoms with van der Waals surface area (Å²) in [6.45, 7) is 5.94. The standard InChI is InChI=1S/C22H21N3/c1-3-15-8-9-16(12-14(15)2)18-6-4-5-7-19(18)17-10-11-20(22(24)25)21(23)13-17/h3-13H,1,23H2,2H3,(H3,24,25). The normalized spacial score (nSPS) is 10.4. The van der Waals surface area contributed by atoms with E-state index in [2.05, 4.69) is 43.8 Å². The Morgan fingerprint density at radius 1 is 0.960 bits per heavy atom. The Balaban J connectivity index is 2.14. The molecule has 5 N–H and O–H groups in total. The molecule has 3 rings (SSSR count). The van der Waals surface area contributed by atoms with E-state index in [0.717, 1.165) is 27.8 Å². The molecule has 3 aromatic carbocycles. The largest absolute Gasteiger partial charge is 0.398 e. The fraction of sp³-hybridized carbons (Fsp3) is 0.0455. The average Bonchev–Trinajstić information content (AvgIpc) is 2.61. The lowest BCUT2D eigenvalue weighted by atomic mass is 9.92. The quantitative estimate of drug-likeness (QED) is 0.364. The Kier molecular flexibility index (Phi) is 4.40. The van der Waals surface area contributed by atoms with Crippen molar-refractivity contribution in [1.29, 1.82) is 5.41 Å². The maximum absolute atomic E-state index is 7.58. The highest BCUT2D eigenvalue weighted by Crippen LogP contribution is 2.34. The number of aryl methyl sites for hydroxylation is 1. The van der Waals surface area contributed by atoms with Gasteiger partial charge in [0.05, 0.1) is 0 Å². The van der Waals surface area contributed by atoms with Crippen molar-refractivity contribution >= 4 is 17.6 Å². The van der Waals surface area contributed by atoms with Crippen LogP contribution >= 0.6 is 0 Å². The fourth-order valence-electron chi connectivity index (χ4n) is 3.03. The van der Waals surface area contributed by atoms with E-state index >= 15 is 0 Å². The van der Waals surface area contributed by atoms with Crippen LogP contribution in [0.1, 0.15) is 16.7 Å². The van der Waals surface area contributed by atoms with Crippen molar-refractivity contribution in [3.63, 3.8) is 0 Å². The van der Waals surface area contributed by atoms with Crippen LogP contribution in [0.2, 0.25) is 0 Å². The lowest BCUT2D eigenvalue weighted by molar-refractivity contribution is 1.42. The van der Waals surface area contributed by atoms with Gasteiger partial charge in [0.15, 0.2) is 0 Å². The van der Waals surface area contributed by atoms with E-state index in [4.69, 9.17) is 16.9 Å². The topological polar surface area (TPSA) is 75.9 Å². The number of benzene rings is 3. The third kappa shape index (κ3) is 3.17. The minimum absolute atomic E-state index is 0.0204. The molecule has 0 amide bonds. The Morgan fingerprint density at radius 3 is 2.08 bits per heavy atom. The molecule has 0 aliphatic rings. The molecular weight excluding hydrogens is 306 g/mol. The maximum atomic E-state index is 7.58. The maximum Gasteiger partial charge on any atom is 0.124 e. The lowest BCUT2D eigenvalue weighted by Gasteiger charge is -2.13. The second kappa shape index (κ2) is 6.65. The van der Waals surface area contributed by atoms with Gasteiger partial charge < -0.3 is 11.5 Å². The minimum Gasteiger partial charge on any atom is -0.398 e. The number of anilines is 1. The Bertz CT molecular complexity index is 971. The zero-order valence-corrected chi connectivity index (χ0v) is 14.2. The summed E-state index contributed by atoms with van der Waals surface area (Å²) in [6, 6.07) is 20.2. The van der Waals surface area contributed by atoms with Gasteiger partial charge in [-0.1, -0.05) is 61.2 Å². The summed E-state index contributed by atoms with van der Waals surface area (Å²) < 4.78 is 0. The van der Waals surface area contributed by atoms with Crippen LogP contribution in [0.3, 0.4) is 0 Å². The summed E-state index contributed by atoms with van der Waals surface area (Å²) in [5.41, 5.74) is 19.4. The lowest BCUT2D eigenvalue weighted by Crippen LogP contribution is -2.13. The molecule has 0 fully saturated rings. The van der Waals surface area contributed by atoms with E-state index in [0.29, 0.717) is 11.3 Å². The van der Waals surface area contributed by atoms with E-state index in [-0.39, 0.29) is 5.84 Å². The average molecular weight is 327 g/mol. The zero-order chi connectivity index (χ0) is 18.0. The van der Waals surface area contributed by atoms with Gasteiger partial charge in [-0.25, -0.2) is 0 Å². The highest BCUT2D eigenvalue weighted by molar-refractivity contribution is 6.01. The third-order valence-electron chi connectivity index (χ3n) is 4.38. The second-order valence-corrected chi connectivity index (χ2v) is 6.04. The van der Waals surface area contributed by atoms with E-state index in [1.54, 1.807) is 6.07 Å². The molecule has 0 unspecified atom stereocenters. The first-order valence-electron chi connectivity index (χ1n) is 8.08. The van der Waals surface area contributed by atoms with Crippen LogP contribution in [0.25, 0.3) is 28.3 Å². The number of nitrogens with two attached hydrogens (primary N) is 2. The van der Waals surface area contributed by atoms with Gasteiger partial charge in [0, 0.05) is 11.3 Å². The monoisotopic (exact) mass is 327 g/mol. The second-order valence-electron chi connectivity index (χ2n) is 6.04. The van der Waals surface area contributed by atoms with Gasteiger partial charge in [-0.3, -0.25) is 5.41 Å². The molecule has 3 aromatic rings. The number of amidine groups is 1. The minimum atomic E-state index is -0.0204. The predicted molar refractivity (Wildman–Crippen MR) is 108 cm³/mol. The summed E-state index contributed by atoms with van der Waals surface area (Å²) in [7, 11) is 0. The molecule has 3 nitrogen and oxygen atoms in total. The molecule has 124 valence electrons. The van der Waals surface area contributed by atoms with Crippen LogP contribution in [0, 0.1) is 12.3 Å². The highest BCUT2D eigenvalue weighted by atomic mass is 14.7. The van der Waals surface area contributed by atoms with E-state index < -0.39 is 0 Å². The fourth-order valence-corrected chi connectivity index (χ4v) is 3.03. The van der Waals surface area contributed by atoms with Crippen molar-refractivity contribution in [1.82, 2.24) is 0 Å². The van der Waals surface area contributed by atoms with Crippen molar-refractivity contribution in [3.8, 4) is 22.3 Å². The molecule has 0 aromatic heterocycles. The molecular formula is C22H21N3. The van der Waals surface area contributed by atoms with Crippen LogP contribution in [0.15, 0.2) is 67.2 Å². The van der Waals surface area contributed by atoms with E-state index in [1.165, 1.54) is 5.56 Å². The number of nitrogen functional groups attached to an aromatic ring is 2. The Hall–Kier alpha value is -3.33. The van der Waals surface area contributed by atoms with Crippen molar-refractivity contribution in [3.05, 3.63) is 83.9 Å². The molecule has 0 spiro atoms. The summed E-state index contributed by atoms with van der Waals surface area (Å²) >= 11 is 0. The predicted octanol–water partition coefficient (Wildman–Crippen LogP) is 4.84. The molecule has 0 aliphatic heterocycles. The van der Waals surface area contributed by atoms with Crippen molar-refractivity contribution in [2.45, 2.75) is 6.92 Å². The SMILES string of the molecule is C=Cc1ccc(-c2ccccc2-c2ccc(C(=N)N)c(N)c2)cc1C. The van der Waals surface area contributed by atoms with Crippen molar-refractivity contribution in [2.24, 2.45) is 5.73 Å². The Labute approximate surface area is 148 Å². The molecule has 3 heteroatoms. The van der Waals surface area contributed by atoms with Crippen LogP contribution in [-0.4, -0.2) is 5.84 Å². The van der Waals surface area contributed by atoms with Gasteiger partial charge in [0.2, 0.25) is 0 Å². The summed E-state index contributed by atoms with van der Waals surface area (Å²) in [5.74, 6) is -0.0204. The number of nitrogens with one attached hydrogen (secondary N) is 1. The van der Waals surface area contributed by atoms with Crippen LogP contribution in [0.4, 0.5) is 5.69 Å². The van der Waals surface area contributed by atoms with E-state index in [9.17, 15) is 0 Å². The smallest absolute Gasteiger partial charge is 0.124 e. The molecule has 0 saturated heterocycles. The zero-order valence-electron chi connectivity index (χ0n) is 14.2. The number of hydrogen-bond donors (Lipinski definition) is 3. The van der Waals surface area contributed by atoms with Gasteiger partial charge in [0.25, 0.3) is 0 Å². The summed E-state index contributed by atoms with van der Waals surface area (Å²) in [6.07, 6.45) is 1.87. The summed E-state index contributed by atoms with van der Waals surface area (Å²) in [4.78, 5) is 0. The highest BCUT2D eigenvalue weighted by Gasteiger charge is 2.10. The van der Waals surface area contributed by atoms with Gasteiger partial charge in [0.1, 0.15) is 5.84 Å². The summed E-state index contributed by atoms with van der Waals surface area (Å²) in [5, 5.41) is 7.58. The third-order valence-corrected chi connectivity index (χ3v) is 4.38. The number of rotatable bonds is 4. The molecule has 0 bridgehead atoms. The molecule has 0 atom stereocenters. The van der Waals surface area contributed by atoms with Crippen molar-refractivity contribution in [2.75, 3.05) is 5.73 Å². The van der Waals surface area contributed by atoms with Gasteiger partial charge in [-0.15, -0.1) is 0 Å². The van der Waals surface area contributed by atoms with Crippen LogP contribution in [0.5, 0.6) is 0 Å². The Morgan fingerprint density at radius 2 is 1.56 bits per heavy atom.